The molecule has 1 saturated heterocycles. The van der Waals surface area contributed by atoms with Crippen LogP contribution in [0.5, 0.6) is 0 Å². The fourth-order valence-electron chi connectivity index (χ4n) is 3.05. The fourth-order valence-corrected chi connectivity index (χ4v) is 5.47. The van der Waals surface area contributed by atoms with Crippen LogP contribution in [-0.4, -0.2) is 41.3 Å². The van der Waals surface area contributed by atoms with Crippen molar-refractivity contribution in [1.29, 1.82) is 0 Å². The van der Waals surface area contributed by atoms with Gasteiger partial charge in [-0.25, -0.2) is 8.42 Å². The molecule has 1 saturated carbocycles. The van der Waals surface area contributed by atoms with E-state index in [1.54, 1.807) is 4.31 Å². The van der Waals surface area contributed by atoms with Crippen molar-refractivity contribution in [3.63, 3.8) is 0 Å². The van der Waals surface area contributed by atoms with Gasteiger partial charge in [0, 0.05) is 6.54 Å². The normalized spacial score (nSPS) is 31.8. The molecule has 0 bridgehead atoms. The number of aliphatic hydroxyl groups is 1. The molecule has 4 nitrogen and oxygen atoms in total. The van der Waals surface area contributed by atoms with Crippen molar-refractivity contribution in [3.8, 4) is 0 Å². The van der Waals surface area contributed by atoms with Crippen molar-refractivity contribution >= 4 is 10.0 Å². The van der Waals surface area contributed by atoms with Crippen LogP contribution >= 0.6 is 0 Å². The Bertz CT molecular complexity index is 371. The molecular formula is C12H23NO3S. The summed E-state index contributed by atoms with van der Waals surface area (Å²) < 4.78 is 26.7. The zero-order valence-electron chi connectivity index (χ0n) is 10.7. The second-order valence-corrected chi connectivity index (χ2v) is 7.97. The molecule has 0 aromatic rings. The van der Waals surface area contributed by atoms with Gasteiger partial charge < -0.3 is 5.11 Å². The largest absolute Gasteiger partial charge is 0.391 e. The van der Waals surface area contributed by atoms with Crippen LogP contribution in [0.4, 0.5) is 0 Å². The van der Waals surface area contributed by atoms with E-state index in [1.165, 1.54) is 0 Å². The molecule has 1 unspecified atom stereocenters. The first-order valence-electron chi connectivity index (χ1n) is 6.56. The minimum absolute atomic E-state index is 0.221. The quantitative estimate of drug-likeness (QED) is 0.819. The van der Waals surface area contributed by atoms with Gasteiger partial charge in [-0.2, -0.15) is 4.31 Å². The molecule has 1 aliphatic carbocycles. The zero-order valence-corrected chi connectivity index (χ0v) is 11.5. The highest BCUT2D eigenvalue weighted by Gasteiger charge is 2.48. The Morgan fingerprint density at radius 1 is 1.12 bits per heavy atom. The summed E-state index contributed by atoms with van der Waals surface area (Å²) in [6, 6.07) is 0. The van der Waals surface area contributed by atoms with Crippen LogP contribution in [0.3, 0.4) is 0 Å². The third kappa shape index (κ3) is 2.25. The predicted molar refractivity (Wildman–Crippen MR) is 67.2 cm³/mol. The third-order valence-corrected chi connectivity index (χ3v) is 6.93. The summed E-state index contributed by atoms with van der Waals surface area (Å²) >= 11 is 0. The van der Waals surface area contributed by atoms with Crippen molar-refractivity contribution < 1.29 is 13.5 Å². The highest BCUT2D eigenvalue weighted by Crippen LogP contribution is 2.36. The maximum atomic E-state index is 12.6. The molecule has 2 fully saturated rings. The van der Waals surface area contributed by atoms with Crippen LogP contribution in [0.1, 0.15) is 52.4 Å². The molecule has 2 aliphatic rings. The van der Waals surface area contributed by atoms with Gasteiger partial charge >= 0.3 is 0 Å². The first-order valence-corrected chi connectivity index (χ1v) is 8.07. The molecule has 0 spiro atoms. The molecule has 0 aromatic heterocycles. The molecule has 1 aliphatic heterocycles. The highest BCUT2D eigenvalue weighted by molar-refractivity contribution is 7.89. The van der Waals surface area contributed by atoms with E-state index >= 15 is 0 Å². The minimum Gasteiger partial charge on any atom is -0.391 e. The van der Waals surface area contributed by atoms with Crippen molar-refractivity contribution in [2.24, 2.45) is 0 Å². The predicted octanol–water partition coefficient (Wildman–Crippen LogP) is 1.49. The lowest BCUT2D eigenvalue weighted by Gasteiger charge is -2.36. The topological polar surface area (TPSA) is 57.6 Å². The number of nitrogens with zero attached hydrogens (tertiary/aromatic N) is 1. The molecule has 2 rings (SSSR count). The average Bonchev–Trinajstić information content (AvgIpc) is 2.55. The van der Waals surface area contributed by atoms with E-state index in [-0.39, 0.29) is 5.25 Å². The van der Waals surface area contributed by atoms with Gasteiger partial charge in [0.25, 0.3) is 0 Å². The van der Waals surface area contributed by atoms with Crippen molar-refractivity contribution in [2.75, 3.05) is 6.54 Å². The molecule has 1 heterocycles. The van der Waals surface area contributed by atoms with Gasteiger partial charge in [-0.15, -0.1) is 0 Å². The van der Waals surface area contributed by atoms with Gasteiger partial charge in [0.1, 0.15) is 0 Å². The lowest BCUT2D eigenvalue weighted by atomic mass is 10.0. The Kier molecular flexibility index (Phi) is 3.54. The maximum absolute atomic E-state index is 12.6. The summed E-state index contributed by atoms with van der Waals surface area (Å²) in [5.41, 5.74) is -0.643. The van der Waals surface area contributed by atoms with E-state index in [1.807, 2.05) is 13.8 Å². The van der Waals surface area contributed by atoms with Gasteiger partial charge in [0.05, 0.1) is 16.9 Å². The molecule has 100 valence electrons. The van der Waals surface area contributed by atoms with Crippen LogP contribution in [-0.2, 0) is 10.0 Å². The lowest BCUT2D eigenvalue weighted by Crippen LogP contribution is -2.51. The van der Waals surface area contributed by atoms with Crippen molar-refractivity contribution in [1.82, 2.24) is 4.31 Å². The monoisotopic (exact) mass is 261 g/mol. The summed E-state index contributed by atoms with van der Waals surface area (Å²) in [4.78, 5) is 0. The first kappa shape index (κ1) is 13.3. The van der Waals surface area contributed by atoms with Gasteiger partial charge in [-0.05, 0) is 33.1 Å². The Balaban J connectivity index is 2.21. The van der Waals surface area contributed by atoms with E-state index in [9.17, 15) is 13.5 Å². The number of hydrogen-bond acceptors (Lipinski definition) is 3. The molecule has 1 atom stereocenters. The van der Waals surface area contributed by atoms with E-state index in [2.05, 4.69) is 0 Å². The van der Waals surface area contributed by atoms with Gasteiger partial charge in [-0.1, -0.05) is 19.3 Å². The lowest BCUT2D eigenvalue weighted by molar-refractivity contribution is 0.0895. The Hall–Kier alpha value is -0.130. The second-order valence-electron chi connectivity index (χ2n) is 5.84. The summed E-state index contributed by atoms with van der Waals surface area (Å²) in [7, 11) is -3.23. The molecule has 0 amide bonds. The molecule has 1 N–H and O–H groups in total. The van der Waals surface area contributed by atoms with Gasteiger partial charge in [-0.3, -0.25) is 0 Å². The molecular weight excluding hydrogens is 238 g/mol. The van der Waals surface area contributed by atoms with Crippen LogP contribution in [0.25, 0.3) is 0 Å². The van der Waals surface area contributed by atoms with Gasteiger partial charge in [0.2, 0.25) is 10.0 Å². The summed E-state index contributed by atoms with van der Waals surface area (Å²) in [5, 5.41) is 9.66. The van der Waals surface area contributed by atoms with E-state index in [0.29, 0.717) is 13.0 Å². The van der Waals surface area contributed by atoms with Crippen LogP contribution in [0.2, 0.25) is 0 Å². The van der Waals surface area contributed by atoms with E-state index in [4.69, 9.17) is 0 Å². The number of hydrogen-bond donors (Lipinski definition) is 1. The van der Waals surface area contributed by atoms with Gasteiger partial charge in [0.15, 0.2) is 0 Å². The maximum Gasteiger partial charge on any atom is 0.217 e. The number of aliphatic hydroxyl groups excluding tert-OH is 1. The summed E-state index contributed by atoms with van der Waals surface area (Å²) in [6.45, 7) is 4.11. The molecule has 17 heavy (non-hydrogen) atoms. The number of sulfonamides is 1. The SMILES string of the molecule is CC1(C)C(O)CCN1S(=O)(=O)C1CCCCC1. The van der Waals surface area contributed by atoms with Crippen LogP contribution < -0.4 is 0 Å². The van der Waals surface area contributed by atoms with E-state index in [0.717, 1.165) is 32.1 Å². The van der Waals surface area contributed by atoms with Crippen LogP contribution in [0.15, 0.2) is 0 Å². The third-order valence-electron chi connectivity index (χ3n) is 4.34. The Labute approximate surface area is 104 Å². The summed E-state index contributed by atoms with van der Waals surface area (Å²) in [5.74, 6) is 0. The van der Waals surface area contributed by atoms with Crippen molar-refractivity contribution in [3.05, 3.63) is 0 Å². The molecule has 5 heteroatoms. The first-order chi connectivity index (χ1) is 7.87. The van der Waals surface area contributed by atoms with Crippen LogP contribution in [0, 0.1) is 0 Å². The van der Waals surface area contributed by atoms with E-state index < -0.39 is 21.7 Å². The minimum atomic E-state index is -3.23. The van der Waals surface area contributed by atoms with Crippen molar-refractivity contribution in [2.45, 2.75) is 69.3 Å². The smallest absolute Gasteiger partial charge is 0.217 e. The highest BCUT2D eigenvalue weighted by atomic mass is 32.2. The average molecular weight is 261 g/mol. The molecule has 0 radical (unpaired) electrons. The zero-order chi connectivity index (χ0) is 12.7. The fraction of sp³-hybridized carbons (Fsp3) is 1.00. The second kappa shape index (κ2) is 4.52. The Morgan fingerprint density at radius 2 is 1.71 bits per heavy atom. The molecule has 0 aromatic carbocycles. The standard InChI is InChI=1S/C12H23NO3S/c1-12(2)11(14)8-9-13(12)17(15,16)10-6-4-3-5-7-10/h10-11,14H,3-9H2,1-2H3. The number of rotatable bonds is 2. The Morgan fingerprint density at radius 3 is 2.18 bits per heavy atom. The summed E-state index contributed by atoms with van der Waals surface area (Å²) in [6.07, 6.45) is 4.76.